The molecule has 23 heavy (non-hydrogen) atoms. The summed E-state index contributed by atoms with van der Waals surface area (Å²) in [6, 6.07) is 0. The predicted molar refractivity (Wildman–Crippen MR) is 91.8 cm³/mol. The molecule has 1 N–H and O–H groups in total. The molecule has 4 rings (SSSR count). The predicted octanol–water partition coefficient (Wildman–Crippen LogP) is 4.29. The molecule has 0 amide bonds. The van der Waals surface area contributed by atoms with Crippen molar-refractivity contribution in [3.8, 4) is 0 Å². The number of aliphatic hydroxyl groups excluding tert-OH is 1. The largest absolute Gasteiger partial charge is 0.396 e. The second-order valence-corrected chi connectivity index (χ2v) is 8.96. The molecule has 0 heterocycles. The minimum absolute atomic E-state index is 0.212. The van der Waals surface area contributed by atoms with E-state index < -0.39 is 0 Å². The van der Waals surface area contributed by atoms with Gasteiger partial charge in [0.15, 0.2) is 5.78 Å². The smallest absolute Gasteiger partial charge is 0.156 e. The highest BCUT2D eigenvalue weighted by Gasteiger charge is 2.57. The molecule has 4 aliphatic rings. The van der Waals surface area contributed by atoms with Gasteiger partial charge in [-0.15, -0.1) is 0 Å². The maximum atomic E-state index is 11.8. The number of allylic oxidation sites excluding steroid dienone is 4. The fraction of sp³-hybridized carbons (Fsp3) is 0.762. The number of ketones is 1. The van der Waals surface area contributed by atoms with Gasteiger partial charge in [-0.3, -0.25) is 4.79 Å². The first-order valence-electron chi connectivity index (χ1n) is 9.53. The quantitative estimate of drug-likeness (QED) is 0.825. The molecule has 0 aromatic carbocycles. The zero-order chi connectivity index (χ0) is 16.2. The highest BCUT2D eigenvalue weighted by Crippen LogP contribution is 2.65. The number of hydrogen-bond acceptors (Lipinski definition) is 2. The molecule has 2 fully saturated rings. The number of fused-ring (bicyclic) bond motifs is 5. The molecule has 2 nitrogen and oxygen atoms in total. The lowest BCUT2D eigenvalue weighted by Gasteiger charge is -2.56. The van der Waals surface area contributed by atoms with Crippen LogP contribution in [0.5, 0.6) is 0 Å². The van der Waals surface area contributed by atoms with E-state index in [-0.39, 0.29) is 5.41 Å². The molecule has 6 atom stereocenters. The molecular formula is C21H30O2. The van der Waals surface area contributed by atoms with Gasteiger partial charge in [0.05, 0.1) is 0 Å². The Balaban J connectivity index is 1.68. The molecule has 126 valence electrons. The highest BCUT2D eigenvalue weighted by atomic mass is 16.3. The fourth-order valence-electron chi connectivity index (χ4n) is 6.74. The van der Waals surface area contributed by atoms with Crippen LogP contribution < -0.4 is 0 Å². The number of rotatable bonds is 2. The van der Waals surface area contributed by atoms with Crippen molar-refractivity contribution in [1.29, 1.82) is 0 Å². The summed E-state index contributed by atoms with van der Waals surface area (Å²) in [6.07, 6.45) is 14.6. The molecule has 6 unspecified atom stereocenters. The van der Waals surface area contributed by atoms with Gasteiger partial charge in [0.25, 0.3) is 0 Å². The average molecular weight is 314 g/mol. The lowest BCUT2D eigenvalue weighted by molar-refractivity contribution is -0.116. The van der Waals surface area contributed by atoms with E-state index in [4.69, 9.17) is 0 Å². The van der Waals surface area contributed by atoms with Crippen molar-refractivity contribution < 1.29 is 9.90 Å². The van der Waals surface area contributed by atoms with Crippen LogP contribution in [-0.4, -0.2) is 17.5 Å². The molecule has 0 aliphatic heterocycles. The van der Waals surface area contributed by atoms with E-state index in [0.717, 1.165) is 25.2 Å². The number of carbonyl (C=O) groups is 1. The van der Waals surface area contributed by atoms with Crippen molar-refractivity contribution in [2.75, 3.05) is 6.61 Å². The Bertz CT molecular complexity index is 574. The van der Waals surface area contributed by atoms with Gasteiger partial charge in [0.1, 0.15) is 0 Å². The third-order valence-corrected chi connectivity index (χ3v) is 8.19. The van der Waals surface area contributed by atoms with Crippen LogP contribution in [-0.2, 0) is 4.79 Å². The van der Waals surface area contributed by atoms with Gasteiger partial charge >= 0.3 is 0 Å². The maximum Gasteiger partial charge on any atom is 0.156 e. The van der Waals surface area contributed by atoms with E-state index >= 15 is 0 Å². The zero-order valence-corrected chi connectivity index (χ0v) is 14.6. The lowest BCUT2D eigenvalue weighted by Crippen LogP contribution is -2.48. The summed E-state index contributed by atoms with van der Waals surface area (Å²) >= 11 is 0. The second kappa shape index (κ2) is 5.31. The van der Waals surface area contributed by atoms with E-state index in [1.54, 1.807) is 0 Å². The van der Waals surface area contributed by atoms with Crippen molar-refractivity contribution in [2.24, 2.45) is 34.5 Å². The lowest BCUT2D eigenvalue weighted by atomic mass is 9.48. The molecule has 0 spiro atoms. The number of hydrogen-bond donors (Lipinski definition) is 1. The third kappa shape index (κ3) is 2.13. The molecule has 0 saturated heterocycles. The normalized spacial score (nSPS) is 48.5. The Hall–Kier alpha value is -0.890. The van der Waals surface area contributed by atoms with E-state index in [1.807, 2.05) is 6.08 Å². The molecule has 0 aromatic heterocycles. The van der Waals surface area contributed by atoms with Crippen LogP contribution in [0.2, 0.25) is 0 Å². The van der Waals surface area contributed by atoms with Gasteiger partial charge in [-0.2, -0.15) is 0 Å². The van der Waals surface area contributed by atoms with Gasteiger partial charge in [-0.05, 0) is 84.7 Å². The minimum atomic E-state index is 0.212. The highest BCUT2D eigenvalue weighted by molar-refractivity contribution is 5.92. The number of carbonyl (C=O) groups excluding carboxylic acids is 1. The fourth-order valence-corrected chi connectivity index (χ4v) is 6.74. The Kier molecular flexibility index (Phi) is 3.61. The first kappa shape index (κ1) is 15.6. The van der Waals surface area contributed by atoms with Crippen molar-refractivity contribution >= 4 is 5.78 Å². The third-order valence-electron chi connectivity index (χ3n) is 8.19. The average Bonchev–Trinajstić information content (AvgIpc) is 2.85. The molecule has 2 saturated carbocycles. The number of aliphatic hydroxyl groups is 1. The van der Waals surface area contributed by atoms with E-state index in [2.05, 4.69) is 26.0 Å². The molecule has 2 heteroatoms. The summed E-state index contributed by atoms with van der Waals surface area (Å²) in [5, 5.41) is 9.43. The van der Waals surface area contributed by atoms with Crippen molar-refractivity contribution in [1.82, 2.24) is 0 Å². The minimum Gasteiger partial charge on any atom is -0.396 e. The maximum absolute atomic E-state index is 11.8. The van der Waals surface area contributed by atoms with Crippen molar-refractivity contribution in [2.45, 2.75) is 58.8 Å². The van der Waals surface area contributed by atoms with E-state index in [1.165, 1.54) is 31.3 Å². The SMILES string of the molecule is CC12CCC(=O)C=C1C=CC1C2CCC2(C)C(CCO)CCC12. The van der Waals surface area contributed by atoms with Crippen LogP contribution in [0.3, 0.4) is 0 Å². The molecular weight excluding hydrogens is 284 g/mol. The molecule has 4 aliphatic carbocycles. The summed E-state index contributed by atoms with van der Waals surface area (Å²) in [6.45, 7) is 5.24. The second-order valence-electron chi connectivity index (χ2n) is 8.96. The first-order valence-corrected chi connectivity index (χ1v) is 9.53. The molecule has 0 bridgehead atoms. The van der Waals surface area contributed by atoms with Gasteiger partial charge in [-0.25, -0.2) is 0 Å². The van der Waals surface area contributed by atoms with E-state index in [9.17, 15) is 9.90 Å². The van der Waals surface area contributed by atoms with Crippen molar-refractivity contribution in [3.63, 3.8) is 0 Å². The van der Waals surface area contributed by atoms with Gasteiger partial charge in [0, 0.05) is 13.0 Å². The molecule has 0 radical (unpaired) electrons. The van der Waals surface area contributed by atoms with Crippen molar-refractivity contribution in [3.05, 3.63) is 23.8 Å². The van der Waals surface area contributed by atoms with Gasteiger partial charge in [-0.1, -0.05) is 26.0 Å². The summed E-state index contributed by atoms with van der Waals surface area (Å²) in [7, 11) is 0. The Morgan fingerprint density at radius 1 is 1.17 bits per heavy atom. The molecule has 0 aromatic rings. The topological polar surface area (TPSA) is 37.3 Å². The first-order chi connectivity index (χ1) is 11.0. The standard InChI is InChI=1S/C21H30O2/c1-20-11-8-19-17(18(20)6-4-14(20)9-12-22)5-3-15-13-16(23)7-10-21(15,19)2/h3,5,13-14,17-19,22H,4,6-12H2,1-2H3. The monoisotopic (exact) mass is 314 g/mol. The zero-order valence-electron chi connectivity index (χ0n) is 14.6. The Morgan fingerprint density at radius 2 is 2.00 bits per heavy atom. The van der Waals surface area contributed by atoms with Gasteiger partial charge < -0.3 is 5.11 Å². The summed E-state index contributed by atoms with van der Waals surface area (Å²) in [5.41, 5.74) is 1.92. The van der Waals surface area contributed by atoms with Crippen LogP contribution in [0.1, 0.15) is 58.8 Å². The van der Waals surface area contributed by atoms with Crippen LogP contribution in [0.25, 0.3) is 0 Å². The van der Waals surface area contributed by atoms with Crippen LogP contribution in [0.4, 0.5) is 0 Å². The van der Waals surface area contributed by atoms with Crippen LogP contribution in [0.15, 0.2) is 23.8 Å². The van der Waals surface area contributed by atoms with E-state index in [0.29, 0.717) is 35.6 Å². The van der Waals surface area contributed by atoms with Crippen LogP contribution in [0, 0.1) is 34.5 Å². The Morgan fingerprint density at radius 3 is 2.78 bits per heavy atom. The Labute approximate surface area is 140 Å². The summed E-state index contributed by atoms with van der Waals surface area (Å²) in [5.74, 6) is 3.16. The van der Waals surface area contributed by atoms with Gasteiger partial charge in [0.2, 0.25) is 0 Å². The summed E-state index contributed by atoms with van der Waals surface area (Å²) < 4.78 is 0. The summed E-state index contributed by atoms with van der Waals surface area (Å²) in [4.78, 5) is 11.8. The van der Waals surface area contributed by atoms with Crippen LogP contribution >= 0.6 is 0 Å².